The molecular formula is C19H22N2O3. The van der Waals surface area contributed by atoms with Crippen molar-refractivity contribution in [3.8, 4) is 5.75 Å². The van der Waals surface area contributed by atoms with E-state index >= 15 is 0 Å². The van der Waals surface area contributed by atoms with Crippen LogP contribution in [0.5, 0.6) is 5.75 Å². The zero-order valence-electron chi connectivity index (χ0n) is 13.8. The van der Waals surface area contributed by atoms with Crippen molar-refractivity contribution in [2.75, 3.05) is 13.7 Å². The summed E-state index contributed by atoms with van der Waals surface area (Å²) in [6.45, 7) is 1.02. The Labute approximate surface area is 141 Å². The van der Waals surface area contributed by atoms with Crippen LogP contribution in [0.1, 0.15) is 41.2 Å². The van der Waals surface area contributed by atoms with Gasteiger partial charge in [-0.2, -0.15) is 0 Å². The molecule has 0 unspecified atom stereocenters. The average molecular weight is 326 g/mol. The molecule has 0 bridgehead atoms. The highest BCUT2D eigenvalue weighted by atomic mass is 16.5. The number of hydrogen-bond acceptors (Lipinski definition) is 4. The standard InChI is InChI=1S/C19H22N2O3/c1-23-16-4-2-3-13(11-16)18-17(7-9-21(18)15-5-6-15)20-19(22)14-8-10-24-12-14/h2-4,8,10-12,15,17-18H,5-7,9H2,1H3,(H,20,22)/t17-,18+/m1/s1. The van der Waals surface area contributed by atoms with E-state index in [9.17, 15) is 4.79 Å². The topological polar surface area (TPSA) is 54.7 Å². The minimum Gasteiger partial charge on any atom is -0.497 e. The largest absolute Gasteiger partial charge is 0.497 e. The number of benzene rings is 1. The fourth-order valence-electron chi connectivity index (χ4n) is 3.68. The van der Waals surface area contributed by atoms with E-state index in [0.29, 0.717) is 11.6 Å². The number of ether oxygens (including phenoxy) is 1. The Morgan fingerprint density at radius 3 is 2.88 bits per heavy atom. The second-order valence-electron chi connectivity index (χ2n) is 6.57. The smallest absolute Gasteiger partial charge is 0.254 e. The van der Waals surface area contributed by atoms with Gasteiger partial charge in [0, 0.05) is 12.6 Å². The van der Waals surface area contributed by atoms with Gasteiger partial charge in [0.25, 0.3) is 5.91 Å². The van der Waals surface area contributed by atoms with Crippen molar-refractivity contribution in [3.05, 3.63) is 54.0 Å². The van der Waals surface area contributed by atoms with Gasteiger partial charge in [0.2, 0.25) is 0 Å². The summed E-state index contributed by atoms with van der Waals surface area (Å²) in [6.07, 6.45) is 6.48. The van der Waals surface area contributed by atoms with Crippen LogP contribution in [0.3, 0.4) is 0 Å². The van der Waals surface area contributed by atoms with Crippen molar-refractivity contribution < 1.29 is 13.9 Å². The number of hydrogen-bond donors (Lipinski definition) is 1. The van der Waals surface area contributed by atoms with Crippen LogP contribution in [0.25, 0.3) is 0 Å². The molecule has 1 aromatic carbocycles. The molecule has 0 radical (unpaired) electrons. The van der Waals surface area contributed by atoms with E-state index in [1.54, 1.807) is 13.2 Å². The molecule has 2 heterocycles. The first-order chi connectivity index (χ1) is 11.8. The van der Waals surface area contributed by atoms with Crippen LogP contribution in [0.2, 0.25) is 0 Å². The van der Waals surface area contributed by atoms with Gasteiger partial charge in [0.1, 0.15) is 12.0 Å². The van der Waals surface area contributed by atoms with Crippen molar-refractivity contribution in [1.29, 1.82) is 0 Å². The molecule has 0 spiro atoms. The van der Waals surface area contributed by atoms with Crippen LogP contribution in [0, 0.1) is 0 Å². The molecule has 5 heteroatoms. The average Bonchev–Trinajstić information content (AvgIpc) is 3.14. The monoisotopic (exact) mass is 326 g/mol. The lowest BCUT2D eigenvalue weighted by Gasteiger charge is -2.29. The van der Waals surface area contributed by atoms with Gasteiger partial charge in [-0.05, 0) is 43.0 Å². The zero-order valence-corrected chi connectivity index (χ0v) is 13.8. The molecule has 1 N–H and O–H groups in total. The fourth-order valence-corrected chi connectivity index (χ4v) is 3.68. The van der Waals surface area contributed by atoms with Crippen LogP contribution < -0.4 is 10.1 Å². The van der Waals surface area contributed by atoms with E-state index in [2.05, 4.69) is 22.3 Å². The summed E-state index contributed by atoms with van der Waals surface area (Å²) in [5, 5.41) is 3.20. The minimum absolute atomic E-state index is 0.0701. The number of furan rings is 1. The summed E-state index contributed by atoms with van der Waals surface area (Å²) in [7, 11) is 1.69. The number of nitrogens with one attached hydrogen (secondary N) is 1. The van der Waals surface area contributed by atoms with E-state index < -0.39 is 0 Å². The Morgan fingerprint density at radius 1 is 1.29 bits per heavy atom. The number of carbonyl (C=O) groups excluding carboxylic acids is 1. The highest BCUT2D eigenvalue weighted by Gasteiger charge is 2.43. The molecule has 2 fully saturated rings. The molecule has 2 aromatic rings. The first-order valence-electron chi connectivity index (χ1n) is 8.49. The third-order valence-corrected chi connectivity index (χ3v) is 4.99. The van der Waals surface area contributed by atoms with Crippen molar-refractivity contribution in [3.63, 3.8) is 0 Å². The summed E-state index contributed by atoms with van der Waals surface area (Å²) in [4.78, 5) is 15.0. The lowest BCUT2D eigenvalue weighted by Crippen LogP contribution is -2.40. The van der Waals surface area contributed by atoms with Crippen molar-refractivity contribution >= 4 is 5.91 Å². The van der Waals surface area contributed by atoms with E-state index in [1.807, 2.05) is 12.1 Å². The van der Waals surface area contributed by atoms with Crippen LogP contribution >= 0.6 is 0 Å². The van der Waals surface area contributed by atoms with Gasteiger partial charge in [-0.25, -0.2) is 0 Å². The van der Waals surface area contributed by atoms with Gasteiger partial charge in [-0.1, -0.05) is 12.1 Å². The molecule has 126 valence electrons. The normalized spacial score (nSPS) is 24.0. The van der Waals surface area contributed by atoms with Gasteiger partial charge in [0.15, 0.2) is 0 Å². The third kappa shape index (κ3) is 2.91. The molecule has 1 saturated carbocycles. The number of rotatable bonds is 5. The first kappa shape index (κ1) is 15.3. The number of nitrogens with zero attached hydrogens (tertiary/aromatic N) is 1. The molecule has 5 nitrogen and oxygen atoms in total. The molecule has 2 aliphatic rings. The van der Waals surface area contributed by atoms with Crippen molar-refractivity contribution in [2.45, 2.75) is 37.4 Å². The molecule has 24 heavy (non-hydrogen) atoms. The van der Waals surface area contributed by atoms with Crippen LogP contribution in [0.15, 0.2) is 47.3 Å². The molecule has 2 atom stereocenters. The number of methoxy groups -OCH3 is 1. The quantitative estimate of drug-likeness (QED) is 0.918. The Hall–Kier alpha value is -2.27. The Morgan fingerprint density at radius 2 is 2.17 bits per heavy atom. The first-order valence-corrected chi connectivity index (χ1v) is 8.49. The molecule has 1 saturated heterocycles. The summed E-state index contributed by atoms with van der Waals surface area (Å²) in [5.41, 5.74) is 1.78. The third-order valence-electron chi connectivity index (χ3n) is 4.99. The lowest BCUT2D eigenvalue weighted by atomic mass is 9.99. The van der Waals surface area contributed by atoms with E-state index in [0.717, 1.165) is 18.7 Å². The van der Waals surface area contributed by atoms with Crippen LogP contribution in [0.4, 0.5) is 0 Å². The summed E-state index contributed by atoms with van der Waals surface area (Å²) in [5.74, 6) is 0.786. The van der Waals surface area contributed by atoms with E-state index in [1.165, 1.54) is 30.9 Å². The van der Waals surface area contributed by atoms with Crippen molar-refractivity contribution in [1.82, 2.24) is 10.2 Å². The van der Waals surface area contributed by atoms with E-state index in [4.69, 9.17) is 9.15 Å². The Kier molecular flexibility index (Phi) is 4.02. The highest BCUT2D eigenvalue weighted by Crippen LogP contribution is 2.41. The number of likely N-dealkylation sites (tertiary alicyclic amines) is 1. The van der Waals surface area contributed by atoms with Gasteiger partial charge < -0.3 is 14.5 Å². The Balaban J connectivity index is 1.59. The van der Waals surface area contributed by atoms with Gasteiger partial charge in [-0.3, -0.25) is 9.69 Å². The summed E-state index contributed by atoms with van der Waals surface area (Å²) < 4.78 is 10.4. The second-order valence-corrected chi connectivity index (χ2v) is 6.57. The Bertz CT molecular complexity index is 709. The maximum absolute atomic E-state index is 12.4. The lowest BCUT2D eigenvalue weighted by molar-refractivity contribution is 0.0923. The van der Waals surface area contributed by atoms with Crippen molar-refractivity contribution in [2.24, 2.45) is 0 Å². The van der Waals surface area contributed by atoms with Crippen LogP contribution in [-0.2, 0) is 0 Å². The predicted molar refractivity (Wildman–Crippen MR) is 90.0 cm³/mol. The highest BCUT2D eigenvalue weighted by molar-refractivity contribution is 5.94. The SMILES string of the molecule is COc1cccc([C@H]2[C@H](NC(=O)c3ccoc3)CCN2C2CC2)c1. The zero-order chi connectivity index (χ0) is 16.5. The van der Waals surface area contributed by atoms with Gasteiger partial charge in [0.05, 0.1) is 31.0 Å². The number of carbonyl (C=O) groups is 1. The van der Waals surface area contributed by atoms with E-state index in [-0.39, 0.29) is 18.0 Å². The summed E-state index contributed by atoms with van der Waals surface area (Å²) >= 11 is 0. The molecular weight excluding hydrogens is 304 g/mol. The maximum Gasteiger partial charge on any atom is 0.254 e. The molecule has 1 aliphatic heterocycles. The predicted octanol–water partition coefficient (Wildman–Crippen LogP) is 3.00. The molecule has 4 rings (SSSR count). The number of amides is 1. The van der Waals surface area contributed by atoms with Gasteiger partial charge >= 0.3 is 0 Å². The fraction of sp³-hybridized carbons (Fsp3) is 0.421. The molecule has 1 aromatic heterocycles. The molecule has 1 aliphatic carbocycles. The minimum atomic E-state index is -0.0701. The van der Waals surface area contributed by atoms with Gasteiger partial charge in [-0.15, -0.1) is 0 Å². The van der Waals surface area contributed by atoms with Crippen LogP contribution in [-0.4, -0.2) is 36.5 Å². The maximum atomic E-state index is 12.4. The summed E-state index contributed by atoms with van der Waals surface area (Å²) in [6, 6.07) is 10.8. The second kappa shape index (κ2) is 6.32. The molecule has 1 amide bonds.